The first-order chi connectivity index (χ1) is 12.2. The second-order valence-electron chi connectivity index (χ2n) is 6.20. The van der Waals surface area contributed by atoms with Gasteiger partial charge in [-0.2, -0.15) is 9.99 Å². The third-order valence-corrected chi connectivity index (χ3v) is 4.86. The van der Waals surface area contributed by atoms with E-state index in [4.69, 9.17) is 17.1 Å². The lowest BCUT2D eigenvalue weighted by molar-refractivity contribution is -0.146. The van der Waals surface area contributed by atoms with Gasteiger partial charge in [-0.1, -0.05) is 36.5 Å². The smallest absolute Gasteiger partial charge is 0.336 e. The Balaban J connectivity index is 1.48. The number of benzene rings is 1. The van der Waals surface area contributed by atoms with Crippen LogP contribution in [-0.4, -0.2) is 15.3 Å². The van der Waals surface area contributed by atoms with E-state index < -0.39 is 0 Å². The van der Waals surface area contributed by atoms with Crippen molar-refractivity contribution in [1.82, 2.24) is 9.30 Å². The molecule has 0 radical (unpaired) electrons. The van der Waals surface area contributed by atoms with Crippen LogP contribution in [0.15, 0.2) is 54.9 Å². The van der Waals surface area contributed by atoms with E-state index in [0.29, 0.717) is 16.7 Å². The molecule has 1 aliphatic carbocycles. The number of fused-ring (bicyclic) bond motifs is 1. The van der Waals surface area contributed by atoms with Gasteiger partial charge in [0, 0.05) is 29.8 Å². The first kappa shape index (κ1) is 15.6. The highest BCUT2D eigenvalue weighted by Gasteiger charge is 2.45. The molecule has 2 atom stereocenters. The fourth-order valence-electron chi connectivity index (χ4n) is 3.13. The van der Waals surface area contributed by atoms with Crippen LogP contribution in [0.5, 0.6) is 0 Å². The third kappa shape index (κ3) is 2.94. The largest absolute Gasteiger partial charge is 0.346 e. The van der Waals surface area contributed by atoms with Crippen LogP contribution >= 0.6 is 12.2 Å². The van der Waals surface area contributed by atoms with E-state index >= 15 is 0 Å². The molecule has 0 N–H and O–H groups in total. The Morgan fingerprint density at radius 2 is 2.08 bits per heavy atom. The molecular weight excluding hydrogens is 334 g/mol. The average molecular weight is 349 g/mol. The van der Waals surface area contributed by atoms with Crippen LogP contribution in [0, 0.1) is 27.8 Å². The number of rotatable bonds is 4. The minimum atomic E-state index is -0.260. The standard InChI is InChI=1S/C19H15N3O2S/c20-10-14-12-21(17-6-2-1-5-15(14)17)11-13-9-16(13)19(23)24-22-8-4-3-7-18(22)25/h1-8,12-13,16H,9,11H2. The van der Waals surface area contributed by atoms with Crippen molar-refractivity contribution in [3.05, 3.63) is 65.1 Å². The molecule has 2 heterocycles. The van der Waals surface area contributed by atoms with E-state index in [1.165, 1.54) is 4.73 Å². The molecular formula is C19H15N3O2S. The number of nitriles is 1. The lowest BCUT2D eigenvalue weighted by Gasteiger charge is -2.07. The molecule has 0 saturated heterocycles. The molecule has 3 aromatic rings. The Kier molecular flexibility index (Phi) is 3.86. The van der Waals surface area contributed by atoms with Gasteiger partial charge >= 0.3 is 5.97 Å². The minimum absolute atomic E-state index is 0.131. The van der Waals surface area contributed by atoms with Gasteiger partial charge in [0.05, 0.1) is 11.5 Å². The number of carbonyl (C=O) groups is 1. The molecule has 1 fully saturated rings. The second-order valence-corrected chi connectivity index (χ2v) is 6.62. The number of nitrogens with zero attached hydrogens (tertiary/aromatic N) is 3. The molecule has 124 valence electrons. The maximum atomic E-state index is 12.3. The van der Waals surface area contributed by atoms with Crippen LogP contribution in [0.2, 0.25) is 0 Å². The fraction of sp³-hybridized carbons (Fsp3) is 0.211. The first-order valence-corrected chi connectivity index (χ1v) is 8.46. The van der Waals surface area contributed by atoms with Crippen molar-refractivity contribution < 1.29 is 9.63 Å². The Hall–Kier alpha value is -2.91. The quantitative estimate of drug-likeness (QED) is 0.678. The van der Waals surface area contributed by atoms with E-state index in [9.17, 15) is 10.1 Å². The summed E-state index contributed by atoms with van der Waals surface area (Å²) in [5, 5.41) is 10.2. The van der Waals surface area contributed by atoms with Gasteiger partial charge in [-0.3, -0.25) is 0 Å². The lowest BCUT2D eigenvalue weighted by atomic mass is 10.2. The van der Waals surface area contributed by atoms with Crippen LogP contribution in [0.1, 0.15) is 12.0 Å². The van der Waals surface area contributed by atoms with E-state index in [2.05, 4.69) is 10.6 Å². The second kappa shape index (κ2) is 6.19. The third-order valence-electron chi connectivity index (χ3n) is 4.54. The van der Waals surface area contributed by atoms with E-state index in [1.807, 2.05) is 30.5 Å². The first-order valence-electron chi connectivity index (χ1n) is 8.05. The Morgan fingerprint density at radius 1 is 1.28 bits per heavy atom. The summed E-state index contributed by atoms with van der Waals surface area (Å²) in [5.41, 5.74) is 1.68. The van der Waals surface area contributed by atoms with Crippen LogP contribution in [-0.2, 0) is 11.3 Å². The molecule has 25 heavy (non-hydrogen) atoms. The van der Waals surface area contributed by atoms with Crippen molar-refractivity contribution in [2.45, 2.75) is 13.0 Å². The monoisotopic (exact) mass is 349 g/mol. The van der Waals surface area contributed by atoms with E-state index in [0.717, 1.165) is 17.3 Å². The zero-order valence-electron chi connectivity index (χ0n) is 13.3. The highest BCUT2D eigenvalue weighted by atomic mass is 32.1. The summed E-state index contributed by atoms with van der Waals surface area (Å²) in [7, 11) is 0. The van der Waals surface area contributed by atoms with Crippen molar-refractivity contribution in [3.63, 3.8) is 0 Å². The molecule has 0 aliphatic heterocycles. The van der Waals surface area contributed by atoms with Gasteiger partial charge in [-0.25, -0.2) is 4.79 Å². The van der Waals surface area contributed by atoms with Crippen molar-refractivity contribution in [3.8, 4) is 6.07 Å². The summed E-state index contributed by atoms with van der Waals surface area (Å²) in [6.07, 6.45) is 4.28. The van der Waals surface area contributed by atoms with Crippen LogP contribution < -0.4 is 4.84 Å². The topological polar surface area (TPSA) is 59.9 Å². The molecule has 2 aromatic heterocycles. The maximum Gasteiger partial charge on any atom is 0.336 e. The fourth-order valence-corrected chi connectivity index (χ4v) is 3.31. The highest BCUT2D eigenvalue weighted by molar-refractivity contribution is 7.71. The van der Waals surface area contributed by atoms with Crippen molar-refractivity contribution in [2.75, 3.05) is 0 Å². The zero-order chi connectivity index (χ0) is 17.4. The number of hydrogen-bond acceptors (Lipinski definition) is 4. The zero-order valence-corrected chi connectivity index (χ0v) is 14.1. The Morgan fingerprint density at radius 3 is 2.88 bits per heavy atom. The van der Waals surface area contributed by atoms with Crippen LogP contribution in [0.4, 0.5) is 0 Å². The molecule has 4 rings (SSSR count). The predicted octanol–water partition coefficient (Wildman–Crippen LogP) is 3.34. The number of pyridine rings is 1. The van der Waals surface area contributed by atoms with Crippen LogP contribution in [0.3, 0.4) is 0 Å². The molecule has 1 aliphatic rings. The Bertz CT molecular complexity index is 1060. The SMILES string of the molecule is N#Cc1cn(CC2CC2C(=O)On2ccccc2=S)c2ccccc12. The summed E-state index contributed by atoms with van der Waals surface area (Å²) in [6, 6.07) is 15.3. The van der Waals surface area contributed by atoms with Gasteiger partial charge in [0.1, 0.15) is 10.7 Å². The van der Waals surface area contributed by atoms with Crippen molar-refractivity contribution >= 4 is 29.1 Å². The maximum absolute atomic E-state index is 12.3. The normalized spacial score (nSPS) is 18.7. The van der Waals surface area contributed by atoms with Gasteiger partial charge < -0.3 is 9.40 Å². The average Bonchev–Trinajstić information content (AvgIpc) is 3.31. The Labute approximate surface area is 149 Å². The summed E-state index contributed by atoms with van der Waals surface area (Å²) in [4.78, 5) is 17.7. The van der Waals surface area contributed by atoms with Gasteiger partial charge in [-0.15, -0.1) is 0 Å². The van der Waals surface area contributed by atoms with Gasteiger partial charge in [-0.05, 0) is 30.5 Å². The van der Waals surface area contributed by atoms with E-state index in [-0.39, 0.29) is 17.8 Å². The van der Waals surface area contributed by atoms with Gasteiger partial charge in [0.25, 0.3) is 0 Å². The van der Waals surface area contributed by atoms with Crippen LogP contribution in [0.25, 0.3) is 10.9 Å². The summed E-state index contributed by atoms with van der Waals surface area (Å²) in [5.74, 6) is -0.175. The molecule has 5 nitrogen and oxygen atoms in total. The highest BCUT2D eigenvalue weighted by Crippen LogP contribution is 2.41. The number of para-hydroxylation sites is 1. The predicted molar refractivity (Wildman–Crippen MR) is 95.1 cm³/mol. The number of carbonyl (C=O) groups excluding carboxylic acids is 1. The van der Waals surface area contributed by atoms with Gasteiger partial charge in [0.15, 0.2) is 0 Å². The van der Waals surface area contributed by atoms with Crippen molar-refractivity contribution in [2.24, 2.45) is 11.8 Å². The molecule has 0 amide bonds. The molecule has 0 bridgehead atoms. The lowest BCUT2D eigenvalue weighted by Crippen LogP contribution is -2.22. The number of aromatic nitrogens is 2. The van der Waals surface area contributed by atoms with Gasteiger partial charge in [0.2, 0.25) is 0 Å². The number of hydrogen-bond donors (Lipinski definition) is 0. The van der Waals surface area contributed by atoms with Crippen molar-refractivity contribution in [1.29, 1.82) is 5.26 Å². The molecule has 1 saturated carbocycles. The molecule has 2 unspecified atom stereocenters. The molecule has 6 heteroatoms. The summed E-state index contributed by atoms with van der Waals surface area (Å²) < 4.78 is 3.84. The summed E-state index contributed by atoms with van der Waals surface area (Å²) >= 11 is 5.13. The minimum Gasteiger partial charge on any atom is -0.346 e. The summed E-state index contributed by atoms with van der Waals surface area (Å²) in [6.45, 7) is 0.697. The van der Waals surface area contributed by atoms with E-state index in [1.54, 1.807) is 24.4 Å². The molecule has 0 spiro atoms. The molecule has 1 aromatic carbocycles.